The maximum atomic E-state index is 12.0. The van der Waals surface area contributed by atoms with E-state index in [-0.39, 0.29) is 5.75 Å². The first-order chi connectivity index (χ1) is 9.06. The highest BCUT2D eigenvalue weighted by Gasteiger charge is 2.21. The molecule has 1 aliphatic heterocycles. The van der Waals surface area contributed by atoms with Crippen molar-refractivity contribution in [1.29, 1.82) is 0 Å². The first-order valence-electron chi connectivity index (χ1n) is 6.03. The zero-order valence-corrected chi connectivity index (χ0v) is 11.3. The first kappa shape index (κ1) is 12.1. The van der Waals surface area contributed by atoms with Crippen molar-refractivity contribution in [2.45, 2.75) is 11.8 Å². The first-order valence-corrected chi connectivity index (χ1v) is 7.68. The molecule has 4 heteroatoms. The Morgan fingerprint density at radius 2 is 1.68 bits per heavy atom. The summed E-state index contributed by atoms with van der Waals surface area (Å²) in [5.41, 5.74) is 3.62. The summed E-state index contributed by atoms with van der Waals surface area (Å²) in [4.78, 5) is 4.46. The Morgan fingerprint density at radius 1 is 1.00 bits per heavy atom. The molecule has 0 unspecified atom stereocenters. The lowest BCUT2D eigenvalue weighted by Crippen LogP contribution is -2.11. The summed E-state index contributed by atoms with van der Waals surface area (Å²) in [5.74, 6) is -0.0165. The van der Waals surface area contributed by atoms with Crippen molar-refractivity contribution in [3.63, 3.8) is 0 Å². The van der Waals surface area contributed by atoms with Gasteiger partial charge in [-0.05, 0) is 30.2 Å². The summed E-state index contributed by atoms with van der Waals surface area (Å²) in [6, 6.07) is 13.4. The molecule has 0 aromatic heterocycles. The highest BCUT2D eigenvalue weighted by Crippen LogP contribution is 2.32. The number of hydrogen-bond acceptors (Lipinski definition) is 3. The molecule has 0 amide bonds. The fourth-order valence-electron chi connectivity index (χ4n) is 2.12. The van der Waals surface area contributed by atoms with Crippen LogP contribution in [0.1, 0.15) is 5.56 Å². The summed E-state index contributed by atoms with van der Waals surface area (Å²) in [7, 11) is -3.23. The number of sulfone groups is 1. The van der Waals surface area contributed by atoms with Gasteiger partial charge < -0.3 is 0 Å². The number of aliphatic imine (C=N–C) groups is 1. The smallest absolute Gasteiger partial charge is 0.185 e. The van der Waals surface area contributed by atoms with Crippen molar-refractivity contribution < 1.29 is 8.42 Å². The molecule has 3 nitrogen and oxygen atoms in total. The summed E-state index contributed by atoms with van der Waals surface area (Å²) in [5, 5.41) is 0. The molecule has 0 bridgehead atoms. The van der Waals surface area contributed by atoms with Gasteiger partial charge in [0.1, 0.15) is 0 Å². The Morgan fingerprint density at radius 3 is 2.42 bits per heavy atom. The lowest BCUT2D eigenvalue weighted by molar-refractivity contribution is 0.600. The number of benzene rings is 2. The van der Waals surface area contributed by atoms with E-state index in [9.17, 15) is 8.42 Å². The molecule has 2 aromatic rings. The molecular formula is C15H13NO2S. The van der Waals surface area contributed by atoms with Gasteiger partial charge in [0.25, 0.3) is 0 Å². The maximum Gasteiger partial charge on any atom is 0.185 e. The average Bonchev–Trinajstić information content (AvgIpc) is 2.39. The topological polar surface area (TPSA) is 46.5 Å². The largest absolute Gasteiger partial charge is 0.259 e. The van der Waals surface area contributed by atoms with E-state index < -0.39 is 9.84 Å². The third-order valence-electron chi connectivity index (χ3n) is 3.20. The molecule has 0 radical (unpaired) electrons. The second kappa shape index (κ2) is 4.31. The van der Waals surface area contributed by atoms with Crippen LogP contribution in [0.5, 0.6) is 0 Å². The number of nitrogens with zero attached hydrogens (tertiary/aromatic N) is 1. The lowest BCUT2D eigenvalue weighted by atomic mass is 10.0. The zero-order valence-electron chi connectivity index (χ0n) is 10.5. The fraction of sp³-hybridized carbons (Fsp3) is 0.133. The number of hydrogen-bond donors (Lipinski definition) is 0. The van der Waals surface area contributed by atoms with Crippen LogP contribution in [-0.2, 0) is 9.84 Å². The molecule has 19 heavy (non-hydrogen) atoms. The molecule has 0 saturated carbocycles. The van der Waals surface area contributed by atoms with Gasteiger partial charge in [0.2, 0.25) is 0 Å². The van der Waals surface area contributed by atoms with Crippen LogP contribution < -0.4 is 0 Å². The summed E-state index contributed by atoms with van der Waals surface area (Å²) >= 11 is 0. The highest BCUT2D eigenvalue weighted by molar-refractivity contribution is 7.92. The van der Waals surface area contributed by atoms with Crippen LogP contribution in [0.4, 0.5) is 5.69 Å². The summed E-state index contributed by atoms with van der Waals surface area (Å²) in [6.45, 7) is 2.02. The third-order valence-corrected chi connectivity index (χ3v) is 4.79. The van der Waals surface area contributed by atoms with Gasteiger partial charge in [0.05, 0.1) is 16.3 Å². The van der Waals surface area contributed by atoms with E-state index in [4.69, 9.17) is 0 Å². The molecule has 2 aromatic carbocycles. The van der Waals surface area contributed by atoms with E-state index in [1.807, 2.05) is 37.3 Å². The average molecular weight is 271 g/mol. The molecule has 0 fully saturated rings. The Bertz CT molecular complexity index is 759. The maximum absolute atomic E-state index is 12.0. The van der Waals surface area contributed by atoms with E-state index in [1.165, 1.54) is 11.8 Å². The van der Waals surface area contributed by atoms with Crippen molar-refractivity contribution >= 4 is 21.7 Å². The van der Waals surface area contributed by atoms with Gasteiger partial charge in [-0.3, -0.25) is 4.99 Å². The van der Waals surface area contributed by atoms with Crippen molar-refractivity contribution in [1.82, 2.24) is 0 Å². The van der Waals surface area contributed by atoms with E-state index >= 15 is 0 Å². The number of aryl methyl sites for hydroxylation is 1. The minimum absolute atomic E-state index is 0.0165. The second-order valence-corrected chi connectivity index (χ2v) is 6.64. The molecule has 0 saturated heterocycles. The Labute approximate surface area is 112 Å². The standard InChI is InChI=1S/C15H13NO2S/c1-11-2-4-12(5-3-11)13-6-7-14-15(10-13)19(17,18)9-8-16-14/h2-8,10H,9H2,1H3. The van der Waals surface area contributed by atoms with E-state index in [0.29, 0.717) is 10.6 Å². The second-order valence-electron chi connectivity index (χ2n) is 4.64. The van der Waals surface area contributed by atoms with Crippen molar-refractivity contribution in [2.24, 2.45) is 4.99 Å². The minimum Gasteiger partial charge on any atom is -0.259 e. The van der Waals surface area contributed by atoms with Gasteiger partial charge in [-0.25, -0.2) is 8.42 Å². The molecule has 96 valence electrons. The monoisotopic (exact) mass is 271 g/mol. The van der Waals surface area contributed by atoms with E-state index in [1.54, 1.807) is 12.1 Å². The van der Waals surface area contributed by atoms with Crippen LogP contribution in [0.2, 0.25) is 0 Å². The van der Waals surface area contributed by atoms with Crippen LogP contribution in [0, 0.1) is 6.92 Å². The molecule has 0 spiro atoms. The minimum atomic E-state index is -3.23. The third kappa shape index (κ3) is 2.19. The molecule has 0 N–H and O–H groups in total. The van der Waals surface area contributed by atoms with Gasteiger partial charge in [-0.1, -0.05) is 35.9 Å². The highest BCUT2D eigenvalue weighted by atomic mass is 32.2. The summed E-state index contributed by atoms with van der Waals surface area (Å²) < 4.78 is 24.0. The molecule has 1 heterocycles. The van der Waals surface area contributed by atoms with Crippen LogP contribution >= 0.6 is 0 Å². The van der Waals surface area contributed by atoms with Crippen molar-refractivity contribution in [3.8, 4) is 11.1 Å². The van der Waals surface area contributed by atoms with Crippen LogP contribution in [0.15, 0.2) is 52.4 Å². The predicted octanol–water partition coefficient (Wildman–Crippen LogP) is 3.15. The Balaban J connectivity index is 2.16. The Hall–Kier alpha value is -1.94. The predicted molar refractivity (Wildman–Crippen MR) is 76.8 cm³/mol. The molecular weight excluding hydrogens is 258 g/mol. The fourth-order valence-corrected chi connectivity index (χ4v) is 3.32. The Kier molecular flexibility index (Phi) is 2.75. The number of fused-ring (bicyclic) bond motifs is 1. The van der Waals surface area contributed by atoms with Gasteiger partial charge in [-0.15, -0.1) is 0 Å². The number of rotatable bonds is 1. The molecule has 3 rings (SSSR count). The van der Waals surface area contributed by atoms with Gasteiger partial charge >= 0.3 is 0 Å². The van der Waals surface area contributed by atoms with Crippen LogP contribution in [-0.4, -0.2) is 20.4 Å². The van der Waals surface area contributed by atoms with Gasteiger partial charge in [0, 0.05) is 6.21 Å². The van der Waals surface area contributed by atoms with E-state index in [2.05, 4.69) is 4.99 Å². The van der Waals surface area contributed by atoms with Crippen molar-refractivity contribution in [2.75, 3.05) is 5.75 Å². The molecule has 0 aliphatic carbocycles. The quantitative estimate of drug-likeness (QED) is 0.800. The zero-order chi connectivity index (χ0) is 13.5. The van der Waals surface area contributed by atoms with Crippen LogP contribution in [0.3, 0.4) is 0 Å². The van der Waals surface area contributed by atoms with Gasteiger partial charge in [0.15, 0.2) is 9.84 Å². The lowest BCUT2D eigenvalue weighted by Gasteiger charge is -2.12. The SMILES string of the molecule is Cc1ccc(-c2ccc3c(c2)S(=O)(=O)CC=N3)cc1. The van der Waals surface area contributed by atoms with Gasteiger partial charge in [-0.2, -0.15) is 0 Å². The summed E-state index contributed by atoms with van der Waals surface area (Å²) in [6.07, 6.45) is 1.45. The van der Waals surface area contributed by atoms with Crippen LogP contribution in [0.25, 0.3) is 11.1 Å². The normalized spacial score (nSPS) is 16.1. The van der Waals surface area contributed by atoms with E-state index in [0.717, 1.165) is 11.1 Å². The molecule has 0 atom stereocenters. The molecule has 1 aliphatic rings. The van der Waals surface area contributed by atoms with Crippen molar-refractivity contribution in [3.05, 3.63) is 48.0 Å².